The Morgan fingerprint density at radius 2 is 2.24 bits per heavy atom. The van der Waals surface area contributed by atoms with Gasteiger partial charge in [-0.2, -0.15) is 0 Å². The van der Waals surface area contributed by atoms with Crippen molar-refractivity contribution in [3.05, 3.63) is 32.4 Å². The molecule has 2 rings (SSSR count). The van der Waals surface area contributed by atoms with Crippen LogP contribution < -0.4 is 11.1 Å². The highest BCUT2D eigenvalue weighted by Crippen LogP contribution is 2.28. The Morgan fingerprint density at radius 1 is 1.53 bits per heavy atom. The molecule has 92 valence electrons. The minimum Gasteiger partial charge on any atom is -0.350 e. The van der Waals surface area contributed by atoms with E-state index in [1.54, 1.807) is 12.1 Å². The maximum atomic E-state index is 11.9. The predicted molar refractivity (Wildman–Crippen MR) is 77.3 cm³/mol. The molecule has 17 heavy (non-hydrogen) atoms. The highest BCUT2D eigenvalue weighted by Gasteiger charge is 2.32. The molecular weight excluding hydrogens is 351 g/mol. The summed E-state index contributed by atoms with van der Waals surface area (Å²) in [5, 5.41) is 3.46. The number of nitrogens with one attached hydrogen (secondary N) is 1. The van der Waals surface area contributed by atoms with Gasteiger partial charge in [0, 0.05) is 21.2 Å². The van der Waals surface area contributed by atoms with Gasteiger partial charge in [-0.25, -0.2) is 0 Å². The van der Waals surface area contributed by atoms with E-state index in [0.717, 1.165) is 22.8 Å². The van der Waals surface area contributed by atoms with E-state index in [-0.39, 0.29) is 11.4 Å². The first-order chi connectivity index (χ1) is 8.00. The number of carbonyl (C=O) groups is 1. The number of amides is 1. The van der Waals surface area contributed by atoms with Crippen LogP contribution in [0.15, 0.2) is 18.2 Å². The molecule has 1 amide bonds. The molecule has 1 aliphatic rings. The molecule has 0 atom stereocenters. The Hall–Kier alpha value is -0.330. The second kappa shape index (κ2) is 5.12. The van der Waals surface area contributed by atoms with E-state index in [1.165, 1.54) is 0 Å². The normalized spacial score (nSPS) is 17.4. The molecule has 3 nitrogen and oxygen atoms in total. The lowest BCUT2D eigenvalue weighted by Crippen LogP contribution is -2.54. The molecule has 0 aromatic heterocycles. The van der Waals surface area contributed by atoms with Gasteiger partial charge in [0.2, 0.25) is 0 Å². The van der Waals surface area contributed by atoms with Crippen LogP contribution in [0.4, 0.5) is 0 Å². The Labute approximate surface area is 119 Å². The highest BCUT2D eigenvalue weighted by molar-refractivity contribution is 14.1. The van der Waals surface area contributed by atoms with Crippen molar-refractivity contribution in [3.8, 4) is 0 Å². The van der Waals surface area contributed by atoms with E-state index < -0.39 is 0 Å². The monoisotopic (exact) mass is 364 g/mol. The molecule has 0 aliphatic heterocycles. The van der Waals surface area contributed by atoms with E-state index >= 15 is 0 Å². The summed E-state index contributed by atoms with van der Waals surface area (Å²) < 4.78 is 0.940. The number of halogens is 2. The summed E-state index contributed by atoms with van der Waals surface area (Å²) in [5.41, 5.74) is 6.43. The van der Waals surface area contributed by atoms with Gasteiger partial charge in [-0.05, 0) is 60.1 Å². The van der Waals surface area contributed by atoms with Crippen LogP contribution in [0.25, 0.3) is 0 Å². The van der Waals surface area contributed by atoms with Crippen LogP contribution in [-0.4, -0.2) is 18.0 Å². The maximum Gasteiger partial charge on any atom is 0.251 e. The first kappa shape index (κ1) is 13.1. The molecule has 3 N–H and O–H groups in total. The van der Waals surface area contributed by atoms with Crippen molar-refractivity contribution < 1.29 is 4.79 Å². The molecule has 0 radical (unpaired) electrons. The van der Waals surface area contributed by atoms with Crippen LogP contribution in [0.3, 0.4) is 0 Å². The molecule has 0 heterocycles. The number of benzene rings is 1. The van der Waals surface area contributed by atoms with Gasteiger partial charge in [-0.1, -0.05) is 11.6 Å². The Morgan fingerprint density at radius 3 is 2.76 bits per heavy atom. The summed E-state index contributed by atoms with van der Waals surface area (Å²) in [5.74, 6) is -0.111. The Balaban J connectivity index is 1.97. The smallest absolute Gasteiger partial charge is 0.251 e. The summed E-state index contributed by atoms with van der Waals surface area (Å²) in [7, 11) is 0. The minimum atomic E-state index is -0.192. The minimum absolute atomic E-state index is 0.111. The SMILES string of the molecule is NC1(CNC(=O)c2ccc(I)c(Cl)c2)CCC1. The molecule has 1 fully saturated rings. The molecule has 1 aromatic carbocycles. The van der Waals surface area contributed by atoms with Crippen LogP contribution >= 0.6 is 34.2 Å². The number of rotatable bonds is 3. The predicted octanol–water partition coefficient (Wildman–Crippen LogP) is 2.56. The molecule has 1 saturated carbocycles. The molecule has 0 bridgehead atoms. The van der Waals surface area contributed by atoms with E-state index in [0.29, 0.717) is 17.1 Å². The third-order valence-electron chi connectivity index (χ3n) is 3.13. The van der Waals surface area contributed by atoms with Gasteiger partial charge in [0.25, 0.3) is 5.91 Å². The Bertz CT molecular complexity index is 446. The van der Waals surface area contributed by atoms with Crippen LogP contribution in [0.1, 0.15) is 29.6 Å². The van der Waals surface area contributed by atoms with Crippen molar-refractivity contribution in [2.45, 2.75) is 24.8 Å². The van der Waals surface area contributed by atoms with Gasteiger partial charge in [0.1, 0.15) is 0 Å². The van der Waals surface area contributed by atoms with Crippen LogP contribution in [0.5, 0.6) is 0 Å². The van der Waals surface area contributed by atoms with Crippen molar-refractivity contribution in [2.75, 3.05) is 6.54 Å². The largest absolute Gasteiger partial charge is 0.350 e. The van der Waals surface area contributed by atoms with E-state index in [2.05, 4.69) is 27.9 Å². The van der Waals surface area contributed by atoms with Crippen LogP contribution in [0.2, 0.25) is 5.02 Å². The van der Waals surface area contributed by atoms with Gasteiger partial charge in [-0.3, -0.25) is 4.79 Å². The fraction of sp³-hybridized carbons (Fsp3) is 0.417. The molecule has 0 spiro atoms. The van der Waals surface area contributed by atoms with E-state index in [1.807, 2.05) is 6.07 Å². The highest BCUT2D eigenvalue weighted by atomic mass is 127. The number of hydrogen-bond donors (Lipinski definition) is 2. The lowest BCUT2D eigenvalue weighted by molar-refractivity contribution is 0.0930. The second-order valence-electron chi connectivity index (χ2n) is 4.53. The molecule has 1 aromatic rings. The summed E-state index contributed by atoms with van der Waals surface area (Å²) in [6.07, 6.45) is 3.13. The topological polar surface area (TPSA) is 55.1 Å². The fourth-order valence-corrected chi connectivity index (χ4v) is 2.32. The molecule has 0 saturated heterocycles. The van der Waals surface area contributed by atoms with Crippen molar-refractivity contribution in [3.63, 3.8) is 0 Å². The molecule has 1 aliphatic carbocycles. The number of carbonyl (C=O) groups excluding carboxylic acids is 1. The van der Waals surface area contributed by atoms with Gasteiger partial charge in [0.15, 0.2) is 0 Å². The van der Waals surface area contributed by atoms with Crippen molar-refractivity contribution in [1.29, 1.82) is 0 Å². The quantitative estimate of drug-likeness (QED) is 0.810. The fourth-order valence-electron chi connectivity index (χ4n) is 1.80. The number of nitrogens with two attached hydrogens (primary N) is 1. The van der Waals surface area contributed by atoms with Crippen molar-refractivity contribution >= 4 is 40.1 Å². The van der Waals surface area contributed by atoms with Gasteiger partial charge < -0.3 is 11.1 Å². The second-order valence-corrected chi connectivity index (χ2v) is 6.10. The summed E-state index contributed by atoms with van der Waals surface area (Å²) in [4.78, 5) is 11.9. The van der Waals surface area contributed by atoms with Gasteiger partial charge >= 0.3 is 0 Å². The summed E-state index contributed by atoms with van der Waals surface area (Å²) >= 11 is 8.10. The lowest BCUT2D eigenvalue weighted by Gasteiger charge is -2.38. The standard InChI is InChI=1S/C12H14ClIN2O/c13-9-6-8(2-3-10(9)14)11(17)16-7-12(15)4-1-5-12/h2-3,6H,1,4-5,7,15H2,(H,16,17). The first-order valence-electron chi connectivity index (χ1n) is 5.52. The third kappa shape index (κ3) is 3.11. The lowest BCUT2D eigenvalue weighted by atomic mass is 9.78. The third-order valence-corrected chi connectivity index (χ3v) is 4.70. The number of hydrogen-bond acceptors (Lipinski definition) is 2. The Kier molecular flexibility index (Phi) is 3.95. The molecular formula is C12H14ClIN2O. The van der Waals surface area contributed by atoms with Gasteiger partial charge in [0.05, 0.1) is 5.02 Å². The zero-order valence-electron chi connectivity index (χ0n) is 9.30. The average Bonchev–Trinajstić information content (AvgIpc) is 2.27. The van der Waals surface area contributed by atoms with Crippen LogP contribution in [-0.2, 0) is 0 Å². The van der Waals surface area contributed by atoms with Gasteiger partial charge in [-0.15, -0.1) is 0 Å². The maximum absolute atomic E-state index is 11.9. The average molecular weight is 365 g/mol. The van der Waals surface area contributed by atoms with Crippen LogP contribution in [0, 0.1) is 3.57 Å². The summed E-state index contributed by atoms with van der Waals surface area (Å²) in [6.45, 7) is 0.537. The first-order valence-corrected chi connectivity index (χ1v) is 6.98. The van der Waals surface area contributed by atoms with E-state index in [4.69, 9.17) is 17.3 Å². The zero-order valence-corrected chi connectivity index (χ0v) is 12.2. The molecule has 0 unspecified atom stereocenters. The zero-order chi connectivity index (χ0) is 12.5. The summed E-state index contributed by atoms with van der Waals surface area (Å²) in [6, 6.07) is 5.29. The van der Waals surface area contributed by atoms with E-state index in [9.17, 15) is 4.79 Å². The molecule has 5 heteroatoms. The van der Waals surface area contributed by atoms with Crippen molar-refractivity contribution in [1.82, 2.24) is 5.32 Å². The van der Waals surface area contributed by atoms with Crippen molar-refractivity contribution in [2.24, 2.45) is 5.73 Å².